The van der Waals surface area contributed by atoms with Crippen molar-refractivity contribution in [3.05, 3.63) is 92.0 Å². The maximum Gasteiger partial charge on any atom is 0.273 e. The number of aryl methyl sites for hydroxylation is 1. The summed E-state index contributed by atoms with van der Waals surface area (Å²) in [7, 11) is -3.31. The van der Waals surface area contributed by atoms with E-state index in [1.165, 1.54) is 56.2 Å². The van der Waals surface area contributed by atoms with Gasteiger partial charge in [0.1, 0.15) is 18.3 Å². The van der Waals surface area contributed by atoms with E-state index in [0.29, 0.717) is 17.1 Å². The maximum atomic E-state index is 14.1. The Morgan fingerprint density at radius 3 is 2.40 bits per heavy atom. The van der Waals surface area contributed by atoms with Crippen LogP contribution in [-0.4, -0.2) is 56.3 Å². The third-order valence-corrected chi connectivity index (χ3v) is 8.83. The summed E-state index contributed by atoms with van der Waals surface area (Å²) in [6.45, 7) is 4.13. The Kier molecular flexibility index (Phi) is 10.8. The van der Waals surface area contributed by atoms with Crippen molar-refractivity contribution in [2.45, 2.75) is 38.3 Å². The number of likely N-dealkylation sites (N-methyl/N-ethyl adjacent to an activating group) is 1. The lowest BCUT2D eigenvalue weighted by Crippen LogP contribution is -2.51. The van der Waals surface area contributed by atoms with E-state index < -0.39 is 49.9 Å². The second kappa shape index (κ2) is 13.9. The summed E-state index contributed by atoms with van der Waals surface area (Å²) in [6, 6.07) is 13.4. The molecular formula is C28H30Cl2N4O7S. The second-order valence-electron chi connectivity index (χ2n) is 9.22. The average molecular weight is 638 g/mol. The van der Waals surface area contributed by atoms with Crippen LogP contribution in [0.25, 0.3) is 0 Å². The molecule has 0 aromatic heterocycles. The number of amides is 2. The molecule has 1 N–H and O–H groups in total. The van der Waals surface area contributed by atoms with Crippen LogP contribution in [0.2, 0.25) is 10.0 Å². The van der Waals surface area contributed by atoms with E-state index in [1.54, 1.807) is 31.2 Å². The number of nitrogens with one attached hydrogen (secondary N) is 1. The molecule has 1 atom stereocenters. The van der Waals surface area contributed by atoms with Gasteiger partial charge in [0.05, 0.1) is 22.6 Å². The quantitative estimate of drug-likeness (QED) is 0.219. The summed E-state index contributed by atoms with van der Waals surface area (Å²) in [4.78, 5) is 38.5. The number of carbonyl (C=O) groups is 2. The molecule has 0 spiro atoms. The number of nitrogens with zero attached hydrogens (tertiary/aromatic N) is 3. The van der Waals surface area contributed by atoms with Crippen molar-refractivity contribution in [1.82, 2.24) is 10.2 Å². The number of halogens is 2. The van der Waals surface area contributed by atoms with Gasteiger partial charge in [-0.3, -0.25) is 24.0 Å². The van der Waals surface area contributed by atoms with E-state index in [9.17, 15) is 28.1 Å². The Morgan fingerprint density at radius 2 is 1.79 bits per heavy atom. The fraction of sp³-hybridized carbons (Fsp3) is 0.286. The molecule has 3 rings (SSSR count). The zero-order valence-electron chi connectivity index (χ0n) is 23.3. The van der Waals surface area contributed by atoms with Gasteiger partial charge in [-0.05, 0) is 56.7 Å². The highest BCUT2D eigenvalue weighted by molar-refractivity contribution is 7.92. The number of hydrogen-bond donors (Lipinski definition) is 1. The van der Waals surface area contributed by atoms with Gasteiger partial charge < -0.3 is 15.0 Å². The minimum Gasteiger partial charge on any atom is -0.495 e. The normalized spacial score (nSPS) is 11.9. The molecule has 0 saturated heterocycles. The number of carbonyl (C=O) groups excluding carboxylic acids is 2. The van der Waals surface area contributed by atoms with Gasteiger partial charge in [0.15, 0.2) is 0 Å². The maximum absolute atomic E-state index is 14.1. The van der Waals surface area contributed by atoms with Crippen molar-refractivity contribution >= 4 is 56.4 Å². The molecule has 0 radical (unpaired) electrons. The Labute approximate surface area is 254 Å². The van der Waals surface area contributed by atoms with Crippen molar-refractivity contribution in [3.63, 3.8) is 0 Å². The molecule has 3 aromatic rings. The predicted octanol–water partition coefficient (Wildman–Crippen LogP) is 4.97. The van der Waals surface area contributed by atoms with Gasteiger partial charge in [-0.25, -0.2) is 8.42 Å². The highest BCUT2D eigenvalue weighted by Gasteiger charge is 2.35. The molecule has 224 valence electrons. The van der Waals surface area contributed by atoms with Gasteiger partial charge >= 0.3 is 0 Å². The fourth-order valence-corrected chi connectivity index (χ4v) is 5.96. The summed E-state index contributed by atoms with van der Waals surface area (Å²) >= 11 is 12.6. The van der Waals surface area contributed by atoms with Crippen LogP contribution in [0.1, 0.15) is 25.0 Å². The zero-order chi connectivity index (χ0) is 31.2. The van der Waals surface area contributed by atoms with Crippen molar-refractivity contribution in [3.8, 4) is 5.75 Å². The molecule has 0 fully saturated rings. The first-order chi connectivity index (χ1) is 19.8. The third kappa shape index (κ3) is 7.30. The zero-order valence-corrected chi connectivity index (χ0v) is 25.7. The molecule has 0 aliphatic rings. The number of nitro benzene ring substituents is 1. The Hall–Kier alpha value is -3.87. The lowest BCUT2D eigenvalue weighted by Gasteiger charge is -2.32. The lowest BCUT2D eigenvalue weighted by atomic mass is 10.1. The molecule has 0 bridgehead atoms. The summed E-state index contributed by atoms with van der Waals surface area (Å²) < 4.78 is 34.4. The van der Waals surface area contributed by atoms with E-state index >= 15 is 0 Å². The molecule has 0 heterocycles. The van der Waals surface area contributed by atoms with Gasteiger partial charge in [0.2, 0.25) is 11.8 Å². The van der Waals surface area contributed by atoms with E-state index in [0.717, 1.165) is 10.4 Å². The van der Waals surface area contributed by atoms with Crippen LogP contribution in [-0.2, 0) is 26.2 Å². The number of benzene rings is 3. The van der Waals surface area contributed by atoms with Gasteiger partial charge in [-0.2, -0.15) is 0 Å². The van der Waals surface area contributed by atoms with Crippen LogP contribution in [0.5, 0.6) is 5.75 Å². The predicted molar refractivity (Wildman–Crippen MR) is 161 cm³/mol. The van der Waals surface area contributed by atoms with E-state index in [2.05, 4.69) is 5.32 Å². The SMILES string of the molecule is CCNC(=O)C(C)N(Cc1ccccc1Cl)C(=O)CN(c1cc(Cl)ccc1OC)S(=O)(=O)c1ccc(C)c([N+](=O)[O-])c1. The number of nitro groups is 1. The van der Waals surface area contributed by atoms with Gasteiger partial charge in [-0.1, -0.05) is 47.5 Å². The first kappa shape index (κ1) is 32.6. The summed E-state index contributed by atoms with van der Waals surface area (Å²) in [5.74, 6) is -1.13. The molecule has 0 aliphatic carbocycles. The largest absolute Gasteiger partial charge is 0.495 e. The number of anilines is 1. The highest BCUT2D eigenvalue weighted by atomic mass is 35.5. The molecule has 2 amide bonds. The lowest BCUT2D eigenvalue weighted by molar-refractivity contribution is -0.385. The van der Waals surface area contributed by atoms with E-state index in [-0.39, 0.29) is 28.6 Å². The van der Waals surface area contributed by atoms with Crippen LogP contribution in [0.4, 0.5) is 11.4 Å². The van der Waals surface area contributed by atoms with Crippen molar-refractivity contribution in [2.75, 3.05) is 24.5 Å². The molecule has 14 heteroatoms. The van der Waals surface area contributed by atoms with Gasteiger partial charge in [0, 0.05) is 34.8 Å². The Morgan fingerprint density at radius 1 is 1.10 bits per heavy atom. The highest BCUT2D eigenvalue weighted by Crippen LogP contribution is 2.36. The smallest absolute Gasteiger partial charge is 0.273 e. The standard InChI is InChI=1S/C28H30Cl2N4O7S/c1-5-31-28(36)19(3)32(16-20-8-6-7-9-23(20)30)27(35)17-33(25-14-21(29)11-13-26(25)41-4)42(39,40)22-12-10-18(2)24(15-22)34(37)38/h6-15,19H,5,16-17H2,1-4H3,(H,31,36). The number of hydrogen-bond acceptors (Lipinski definition) is 7. The van der Waals surface area contributed by atoms with Crippen LogP contribution >= 0.6 is 23.2 Å². The topological polar surface area (TPSA) is 139 Å². The molecule has 42 heavy (non-hydrogen) atoms. The molecule has 0 aliphatic heterocycles. The average Bonchev–Trinajstić information content (AvgIpc) is 2.95. The fourth-order valence-electron chi connectivity index (χ4n) is 4.16. The van der Waals surface area contributed by atoms with Gasteiger partial charge in [-0.15, -0.1) is 0 Å². The van der Waals surface area contributed by atoms with Crippen LogP contribution in [0.3, 0.4) is 0 Å². The Bertz CT molecular complexity index is 1600. The van der Waals surface area contributed by atoms with Crippen molar-refractivity contribution in [1.29, 1.82) is 0 Å². The third-order valence-electron chi connectivity index (χ3n) is 6.47. The van der Waals surface area contributed by atoms with Crippen molar-refractivity contribution in [2.24, 2.45) is 0 Å². The molecule has 11 nitrogen and oxygen atoms in total. The molecular weight excluding hydrogens is 607 g/mol. The van der Waals surface area contributed by atoms with Crippen LogP contribution < -0.4 is 14.4 Å². The van der Waals surface area contributed by atoms with Crippen molar-refractivity contribution < 1.29 is 27.7 Å². The summed E-state index contributed by atoms with van der Waals surface area (Å²) in [5, 5.41) is 14.8. The molecule has 0 saturated carbocycles. The summed E-state index contributed by atoms with van der Waals surface area (Å²) in [5.41, 5.74) is 0.298. The number of rotatable bonds is 12. The van der Waals surface area contributed by atoms with Gasteiger partial charge in [0.25, 0.3) is 15.7 Å². The number of sulfonamides is 1. The molecule has 3 aromatic carbocycles. The number of ether oxygens (including phenoxy) is 1. The van der Waals surface area contributed by atoms with E-state index in [4.69, 9.17) is 27.9 Å². The summed E-state index contributed by atoms with van der Waals surface area (Å²) in [6.07, 6.45) is 0. The first-order valence-corrected chi connectivity index (χ1v) is 14.9. The molecule has 1 unspecified atom stereocenters. The van der Waals surface area contributed by atoms with Crippen LogP contribution in [0, 0.1) is 17.0 Å². The minimum absolute atomic E-state index is 0.0758. The Balaban J connectivity index is 2.17. The van der Waals surface area contributed by atoms with E-state index in [1.807, 2.05) is 0 Å². The first-order valence-electron chi connectivity index (χ1n) is 12.7. The minimum atomic E-state index is -4.63. The monoisotopic (exact) mass is 636 g/mol. The van der Waals surface area contributed by atoms with Crippen LogP contribution in [0.15, 0.2) is 65.6 Å². The number of methoxy groups -OCH3 is 1. The second-order valence-corrected chi connectivity index (χ2v) is 11.9.